The Hall–Kier alpha value is -0.200. The van der Waals surface area contributed by atoms with Crippen LogP contribution in [0.1, 0.15) is 122 Å². The Balaban J connectivity index is 1.29. The van der Waals surface area contributed by atoms with Gasteiger partial charge in [0, 0.05) is 37.7 Å². The summed E-state index contributed by atoms with van der Waals surface area (Å²) in [4.78, 5) is 0. The van der Waals surface area contributed by atoms with Gasteiger partial charge in [-0.2, -0.15) is 0 Å². The van der Waals surface area contributed by atoms with E-state index in [2.05, 4.69) is 12.2 Å². The molecule has 7 aliphatic rings. The first kappa shape index (κ1) is 26.0. The molecule has 36 heavy (non-hydrogen) atoms. The summed E-state index contributed by atoms with van der Waals surface area (Å²) >= 11 is 0. The summed E-state index contributed by atoms with van der Waals surface area (Å²) in [6, 6.07) is 0. The van der Waals surface area contributed by atoms with E-state index in [0.717, 1.165) is 24.7 Å². The highest BCUT2D eigenvalue weighted by Crippen LogP contribution is 2.65. The lowest BCUT2D eigenvalue weighted by molar-refractivity contribution is -0.703. The maximum atomic E-state index is 10.2. The van der Waals surface area contributed by atoms with Gasteiger partial charge in [0.05, 0.1) is 17.7 Å². The fourth-order valence-corrected chi connectivity index (χ4v) is 11.4. The van der Waals surface area contributed by atoms with Crippen LogP contribution in [0, 0.1) is 35.0 Å². The normalized spacial score (nSPS) is 49.2. The molecule has 206 valence electrons. The Morgan fingerprint density at radius 3 is 2.42 bits per heavy atom. The van der Waals surface area contributed by atoms with Crippen LogP contribution in [0.3, 0.4) is 0 Å². The monoisotopic (exact) mass is 503 g/mol. The first-order valence-corrected chi connectivity index (χ1v) is 16.0. The number of quaternary nitrogens is 2. The number of aliphatic hydroxyl groups excluding tert-OH is 1. The van der Waals surface area contributed by atoms with Crippen molar-refractivity contribution in [3.63, 3.8) is 0 Å². The van der Waals surface area contributed by atoms with Gasteiger partial charge in [0.25, 0.3) is 0 Å². The minimum absolute atomic E-state index is 0.0156. The average molecular weight is 504 g/mol. The molecule has 3 saturated heterocycles. The molecule has 2 bridgehead atoms. The van der Waals surface area contributed by atoms with Gasteiger partial charge in [0.15, 0.2) is 0 Å². The summed E-state index contributed by atoms with van der Waals surface area (Å²) in [6.07, 6.45) is 24.1. The Morgan fingerprint density at radius 1 is 0.944 bits per heavy atom. The summed E-state index contributed by atoms with van der Waals surface area (Å²) in [5, 5.41) is 12.6. The number of piperidine rings is 1. The van der Waals surface area contributed by atoms with Gasteiger partial charge in [-0.3, -0.25) is 5.73 Å². The third-order valence-electron chi connectivity index (χ3n) is 12.9. The second-order valence-corrected chi connectivity index (χ2v) is 15.2. The van der Waals surface area contributed by atoms with E-state index >= 15 is 0 Å². The van der Waals surface area contributed by atoms with E-state index < -0.39 is 0 Å². The first-order valence-electron chi connectivity index (χ1n) is 16.0. The highest BCUT2D eigenvalue weighted by atomic mass is 16.5. The Morgan fingerprint density at radius 2 is 1.72 bits per heavy atom. The van der Waals surface area contributed by atoms with Gasteiger partial charge < -0.3 is 20.9 Å². The maximum Gasteiger partial charge on any atom is 0.137 e. The number of ether oxygens (including phenoxy) is 1. The van der Waals surface area contributed by atoms with Crippen LogP contribution in [0.5, 0.6) is 0 Å². The summed E-state index contributed by atoms with van der Waals surface area (Å²) in [5.41, 5.74) is 11.7. The number of nitrogens with two attached hydrogens (primary N) is 2. The molecule has 5 heteroatoms. The second kappa shape index (κ2) is 9.77. The molecule has 2 unspecified atom stereocenters. The number of hydrogen-bond donors (Lipinski definition) is 4. The van der Waals surface area contributed by atoms with Gasteiger partial charge in [-0.25, -0.2) is 0 Å². The molecular formula is C31H57N3O2+2. The quantitative estimate of drug-likeness (QED) is 0.446. The van der Waals surface area contributed by atoms with Crippen molar-refractivity contribution in [3.8, 4) is 0 Å². The summed E-state index contributed by atoms with van der Waals surface area (Å²) in [6.45, 7) is 4.00. The zero-order chi connectivity index (χ0) is 25.0. The van der Waals surface area contributed by atoms with Gasteiger partial charge in [0.2, 0.25) is 0 Å². The smallest absolute Gasteiger partial charge is 0.137 e. The standard InChI is InChI=1S/C31H55N3O2/c1-28(24-6-2-3-7-24)26-10-13-31(36-28,21-30(26,33)14-15-35)25-17-23(16-22-8-9-27(32)34-20-22)18-29(19-25)11-4-5-12-29/h22-27,34-35H,2-21,32-33H2,1H3/p+2/t22?,23-,25-,26+,27?,28-,30-,31-/m0/s1. The lowest BCUT2D eigenvalue weighted by Crippen LogP contribution is -2.95. The highest BCUT2D eigenvalue weighted by Gasteiger charge is 2.68. The van der Waals surface area contributed by atoms with E-state index in [0.29, 0.717) is 29.3 Å². The van der Waals surface area contributed by atoms with Crippen LogP contribution in [-0.2, 0) is 4.74 Å². The van der Waals surface area contributed by atoms with E-state index in [1.165, 1.54) is 109 Å². The molecule has 5 nitrogen and oxygen atoms in total. The second-order valence-electron chi connectivity index (χ2n) is 15.2. The number of aliphatic hydroxyl groups is 1. The first-order chi connectivity index (χ1) is 17.3. The molecule has 3 aliphatic heterocycles. The molecule has 8 N–H and O–H groups in total. The minimum atomic E-state index is -0.0474. The van der Waals surface area contributed by atoms with E-state index in [1.54, 1.807) is 0 Å². The number of fused-ring (bicyclic) bond motifs is 3. The molecule has 4 aliphatic carbocycles. The van der Waals surface area contributed by atoms with Crippen molar-refractivity contribution in [2.75, 3.05) is 13.2 Å². The maximum absolute atomic E-state index is 10.2. The van der Waals surface area contributed by atoms with E-state index in [4.69, 9.17) is 16.2 Å². The van der Waals surface area contributed by atoms with Crippen molar-refractivity contribution < 1.29 is 20.9 Å². The average Bonchev–Trinajstić information content (AvgIpc) is 3.54. The van der Waals surface area contributed by atoms with Crippen molar-refractivity contribution >= 4 is 0 Å². The van der Waals surface area contributed by atoms with Crippen LogP contribution in [0.2, 0.25) is 0 Å². The van der Waals surface area contributed by atoms with Crippen molar-refractivity contribution in [3.05, 3.63) is 0 Å². The molecule has 0 aromatic heterocycles. The van der Waals surface area contributed by atoms with Crippen LogP contribution in [0.25, 0.3) is 0 Å². The Bertz CT molecular complexity index is 772. The van der Waals surface area contributed by atoms with E-state index in [9.17, 15) is 5.11 Å². The largest absolute Gasteiger partial charge is 0.396 e. The lowest BCUT2D eigenvalue weighted by atomic mass is 9.49. The van der Waals surface area contributed by atoms with E-state index in [-0.39, 0.29) is 23.3 Å². The molecule has 3 heterocycles. The third-order valence-corrected chi connectivity index (χ3v) is 12.9. The molecule has 0 aromatic carbocycles. The highest BCUT2D eigenvalue weighted by molar-refractivity contribution is 5.16. The molecular weight excluding hydrogens is 446 g/mol. The Labute approximate surface area is 220 Å². The molecule has 0 amide bonds. The van der Waals surface area contributed by atoms with Gasteiger partial charge in [0.1, 0.15) is 11.7 Å². The molecule has 7 fully saturated rings. The predicted octanol–water partition coefficient (Wildman–Crippen LogP) is 3.49. The van der Waals surface area contributed by atoms with Gasteiger partial charge in [-0.1, -0.05) is 25.7 Å². The molecule has 1 spiro atoms. The van der Waals surface area contributed by atoms with Crippen molar-refractivity contribution in [1.29, 1.82) is 0 Å². The van der Waals surface area contributed by atoms with Crippen molar-refractivity contribution in [2.24, 2.45) is 40.7 Å². The number of hydrogen-bond acceptors (Lipinski definition) is 3. The third kappa shape index (κ3) is 4.51. The zero-order valence-corrected chi connectivity index (χ0v) is 23.3. The van der Waals surface area contributed by atoms with Gasteiger partial charge >= 0.3 is 0 Å². The molecule has 8 atom stereocenters. The van der Waals surface area contributed by atoms with Crippen LogP contribution in [0.4, 0.5) is 0 Å². The van der Waals surface area contributed by atoms with Crippen LogP contribution >= 0.6 is 0 Å². The number of rotatable bonds is 6. The summed E-state index contributed by atoms with van der Waals surface area (Å²) in [5.74, 6) is 3.55. The lowest BCUT2D eigenvalue weighted by Gasteiger charge is -2.66. The van der Waals surface area contributed by atoms with Gasteiger partial charge in [-0.15, -0.1) is 0 Å². The SMILES string of the molecule is C[C@@]1(C2CCCC2)O[C@@]2([C@H]3C[C@H](CC4CCC(N)[NH2+]C4)CC4(CCCC4)C3)CC[C@H]1[C@]([NH3+])(CCO)C2. The molecule has 0 aromatic rings. The van der Waals surface area contributed by atoms with Crippen molar-refractivity contribution in [1.82, 2.24) is 0 Å². The predicted molar refractivity (Wildman–Crippen MR) is 143 cm³/mol. The Kier molecular flexibility index (Phi) is 7.07. The fraction of sp³-hybridized carbons (Fsp3) is 1.00. The molecule has 4 saturated carbocycles. The van der Waals surface area contributed by atoms with Crippen LogP contribution < -0.4 is 16.8 Å². The topological polar surface area (TPSA) is 99.7 Å². The van der Waals surface area contributed by atoms with Crippen molar-refractivity contribution in [2.45, 2.75) is 145 Å². The van der Waals surface area contributed by atoms with E-state index in [1.807, 2.05) is 0 Å². The molecule has 7 rings (SSSR count). The van der Waals surface area contributed by atoms with Crippen LogP contribution in [0.15, 0.2) is 0 Å². The molecule has 0 radical (unpaired) electrons. The summed E-state index contributed by atoms with van der Waals surface area (Å²) in [7, 11) is 0. The fourth-order valence-electron chi connectivity index (χ4n) is 11.4. The summed E-state index contributed by atoms with van der Waals surface area (Å²) < 4.78 is 7.64. The van der Waals surface area contributed by atoms with Crippen LogP contribution in [-0.4, -0.2) is 41.2 Å². The zero-order valence-electron chi connectivity index (χ0n) is 23.3. The minimum Gasteiger partial charge on any atom is -0.396 e. The van der Waals surface area contributed by atoms with Gasteiger partial charge in [-0.05, 0) is 101 Å².